The van der Waals surface area contributed by atoms with E-state index in [1.165, 1.54) is 28.6 Å². The van der Waals surface area contributed by atoms with Gasteiger partial charge in [-0.15, -0.1) is 0 Å². The van der Waals surface area contributed by atoms with Crippen LogP contribution in [0.3, 0.4) is 0 Å². The molecule has 0 saturated carbocycles. The summed E-state index contributed by atoms with van der Waals surface area (Å²) in [6, 6.07) is 24.1. The number of nitrogens with zero attached hydrogens (tertiary/aromatic N) is 3. The smallest absolute Gasteiger partial charge is 0.271 e. The molecule has 0 bridgehead atoms. The Morgan fingerprint density at radius 3 is 2.37 bits per heavy atom. The second kappa shape index (κ2) is 9.04. The number of amides is 1. The summed E-state index contributed by atoms with van der Waals surface area (Å²) in [6.07, 6.45) is 3.14. The van der Waals surface area contributed by atoms with Gasteiger partial charge in [0.15, 0.2) is 5.17 Å². The van der Waals surface area contributed by atoms with Crippen molar-refractivity contribution in [3.05, 3.63) is 94.4 Å². The van der Waals surface area contributed by atoms with E-state index in [-0.39, 0.29) is 11.4 Å². The van der Waals surface area contributed by atoms with E-state index >= 15 is 0 Å². The van der Waals surface area contributed by atoms with E-state index in [0.29, 0.717) is 16.0 Å². The number of aryl methyl sites for hydroxylation is 1. The van der Waals surface area contributed by atoms with Crippen molar-refractivity contribution in [2.24, 2.45) is 4.99 Å². The van der Waals surface area contributed by atoms with Gasteiger partial charge in [0.05, 0.1) is 16.3 Å². The van der Waals surface area contributed by atoms with Crippen LogP contribution in [0.1, 0.15) is 49.8 Å². The quantitative estimate of drug-likeness (QED) is 0.363. The third-order valence-electron chi connectivity index (χ3n) is 7.11. The lowest BCUT2D eigenvalue weighted by atomic mass is 9.79. The summed E-state index contributed by atoms with van der Waals surface area (Å²) in [6.45, 7) is 9.04. The van der Waals surface area contributed by atoms with Gasteiger partial charge in [-0.05, 0) is 104 Å². The maximum Gasteiger partial charge on any atom is 0.271 e. The Morgan fingerprint density at radius 2 is 1.69 bits per heavy atom. The Hall–Kier alpha value is -3.31. The van der Waals surface area contributed by atoms with E-state index < -0.39 is 0 Å². The number of benzene rings is 3. The molecule has 0 N–H and O–H groups in total. The number of thioether (sulfide) groups is 1. The summed E-state index contributed by atoms with van der Waals surface area (Å²) in [5.74, 6) is 0.413. The number of rotatable bonds is 3. The standard InChI is InChI=1S/C30H31N3OS/c1-20-16-26-25(21(2)19-30(3,4)32(26)5)17-22(20)18-27-28(34)33(24-14-10-7-11-15-24)29(35-27)31-23-12-8-6-9-13-23/h6-18,21H,19H2,1-5H3/b27-18+,31-29?. The molecule has 0 radical (unpaired) electrons. The van der Waals surface area contributed by atoms with Crippen LogP contribution >= 0.6 is 11.8 Å². The van der Waals surface area contributed by atoms with Gasteiger partial charge in [-0.3, -0.25) is 9.69 Å². The number of aliphatic imine (C=N–C) groups is 1. The second-order valence-corrected chi connectivity index (χ2v) is 11.1. The summed E-state index contributed by atoms with van der Waals surface area (Å²) in [5, 5.41) is 0.670. The fourth-order valence-electron chi connectivity index (χ4n) is 5.00. The van der Waals surface area contributed by atoms with E-state index in [1.54, 1.807) is 4.90 Å². The molecule has 1 unspecified atom stereocenters. The van der Waals surface area contributed by atoms with Crippen molar-refractivity contribution in [1.82, 2.24) is 0 Å². The summed E-state index contributed by atoms with van der Waals surface area (Å²) < 4.78 is 0. The van der Waals surface area contributed by atoms with Crippen molar-refractivity contribution in [2.45, 2.75) is 45.6 Å². The van der Waals surface area contributed by atoms with Gasteiger partial charge < -0.3 is 4.90 Å². The zero-order valence-electron chi connectivity index (χ0n) is 20.9. The molecule has 178 valence electrons. The third kappa shape index (κ3) is 4.41. The van der Waals surface area contributed by atoms with E-state index in [1.807, 2.05) is 66.7 Å². The molecule has 1 saturated heterocycles. The van der Waals surface area contributed by atoms with Crippen molar-refractivity contribution in [2.75, 3.05) is 16.8 Å². The van der Waals surface area contributed by atoms with Crippen LogP contribution < -0.4 is 9.80 Å². The van der Waals surface area contributed by atoms with E-state index in [0.717, 1.165) is 23.4 Å². The highest BCUT2D eigenvalue weighted by molar-refractivity contribution is 8.19. The Bertz CT molecular complexity index is 1330. The minimum absolute atomic E-state index is 0.0423. The van der Waals surface area contributed by atoms with Crippen LogP contribution in [0.5, 0.6) is 0 Å². The summed E-state index contributed by atoms with van der Waals surface area (Å²) in [5.41, 5.74) is 6.66. The number of anilines is 2. The highest BCUT2D eigenvalue weighted by Gasteiger charge is 2.36. The van der Waals surface area contributed by atoms with Gasteiger partial charge >= 0.3 is 0 Å². The highest BCUT2D eigenvalue weighted by Crippen LogP contribution is 2.44. The van der Waals surface area contributed by atoms with E-state index in [4.69, 9.17) is 4.99 Å². The van der Waals surface area contributed by atoms with Crippen LogP contribution in [0, 0.1) is 6.92 Å². The van der Waals surface area contributed by atoms with Crippen LogP contribution in [0.25, 0.3) is 6.08 Å². The van der Waals surface area contributed by atoms with Crippen LogP contribution in [0.15, 0.2) is 82.7 Å². The van der Waals surface area contributed by atoms with Crippen LogP contribution in [-0.4, -0.2) is 23.7 Å². The molecular formula is C30H31N3OS. The monoisotopic (exact) mass is 481 g/mol. The van der Waals surface area contributed by atoms with Crippen LogP contribution in [0.2, 0.25) is 0 Å². The van der Waals surface area contributed by atoms with Crippen LogP contribution in [-0.2, 0) is 4.79 Å². The van der Waals surface area contributed by atoms with E-state index in [2.05, 4.69) is 51.8 Å². The van der Waals surface area contributed by atoms with Crippen molar-refractivity contribution in [1.29, 1.82) is 0 Å². The molecule has 35 heavy (non-hydrogen) atoms. The fraction of sp³-hybridized carbons (Fsp3) is 0.267. The van der Waals surface area contributed by atoms with E-state index in [9.17, 15) is 4.79 Å². The molecule has 0 aromatic heterocycles. The second-order valence-electron chi connectivity index (χ2n) is 10.1. The van der Waals surface area contributed by atoms with Gasteiger partial charge in [-0.2, -0.15) is 0 Å². The van der Waals surface area contributed by atoms with Crippen molar-refractivity contribution in [3.8, 4) is 0 Å². The predicted molar refractivity (Wildman–Crippen MR) is 150 cm³/mol. The maximum absolute atomic E-state index is 13.7. The Morgan fingerprint density at radius 1 is 1.03 bits per heavy atom. The topological polar surface area (TPSA) is 35.9 Å². The molecule has 1 atom stereocenters. The summed E-state index contributed by atoms with van der Waals surface area (Å²) in [4.78, 5) is 23.3. The molecule has 4 nitrogen and oxygen atoms in total. The maximum atomic E-state index is 13.7. The Balaban J connectivity index is 1.57. The number of hydrogen-bond donors (Lipinski definition) is 0. The number of fused-ring (bicyclic) bond motifs is 1. The number of carbonyl (C=O) groups is 1. The minimum atomic E-state index is -0.0423. The third-order valence-corrected chi connectivity index (χ3v) is 8.08. The average Bonchev–Trinajstić information content (AvgIpc) is 3.14. The first-order valence-electron chi connectivity index (χ1n) is 12.1. The van der Waals surface area contributed by atoms with Gasteiger partial charge in [-0.25, -0.2) is 4.99 Å². The summed E-state index contributed by atoms with van der Waals surface area (Å²) in [7, 11) is 2.18. The first-order chi connectivity index (χ1) is 16.7. The number of amidine groups is 1. The lowest BCUT2D eigenvalue weighted by Crippen LogP contribution is -2.45. The normalized spacial score (nSPS) is 21.6. The van der Waals surface area contributed by atoms with Crippen molar-refractivity contribution in [3.63, 3.8) is 0 Å². The first-order valence-corrected chi connectivity index (χ1v) is 12.9. The minimum Gasteiger partial charge on any atom is -0.369 e. The summed E-state index contributed by atoms with van der Waals surface area (Å²) >= 11 is 1.44. The van der Waals surface area contributed by atoms with Crippen LogP contribution in [0.4, 0.5) is 17.1 Å². The lowest BCUT2D eigenvalue weighted by molar-refractivity contribution is -0.113. The molecule has 2 heterocycles. The fourth-order valence-corrected chi connectivity index (χ4v) is 5.99. The average molecular weight is 482 g/mol. The van der Waals surface area contributed by atoms with Gasteiger partial charge in [0.1, 0.15) is 0 Å². The van der Waals surface area contributed by atoms with Gasteiger partial charge in [-0.1, -0.05) is 43.3 Å². The van der Waals surface area contributed by atoms with Crippen molar-refractivity contribution < 1.29 is 4.79 Å². The Labute approximate surface area is 212 Å². The zero-order valence-corrected chi connectivity index (χ0v) is 21.8. The molecule has 0 spiro atoms. The SMILES string of the molecule is Cc1cc2c(cc1/C=C1/SC(=Nc3ccccc3)N(c3ccccc3)C1=O)C(C)CC(C)(C)N2C. The molecular weight excluding hydrogens is 450 g/mol. The van der Waals surface area contributed by atoms with Crippen molar-refractivity contribution >= 4 is 46.0 Å². The largest absolute Gasteiger partial charge is 0.369 e. The number of para-hydroxylation sites is 2. The predicted octanol–water partition coefficient (Wildman–Crippen LogP) is 7.53. The lowest BCUT2D eigenvalue weighted by Gasteiger charge is -2.45. The Kier molecular flexibility index (Phi) is 6.06. The van der Waals surface area contributed by atoms with Gasteiger partial charge in [0.25, 0.3) is 5.91 Å². The molecule has 2 aliphatic heterocycles. The molecule has 3 aromatic carbocycles. The molecule has 0 aliphatic carbocycles. The molecule has 5 heteroatoms. The van der Waals surface area contributed by atoms with Gasteiger partial charge in [0.2, 0.25) is 0 Å². The highest BCUT2D eigenvalue weighted by atomic mass is 32.2. The number of carbonyl (C=O) groups excluding carboxylic acids is 1. The first kappa shape index (κ1) is 23.4. The molecule has 5 rings (SSSR count). The molecule has 1 fully saturated rings. The van der Waals surface area contributed by atoms with Gasteiger partial charge in [0, 0.05) is 18.3 Å². The number of hydrogen-bond acceptors (Lipinski definition) is 4. The molecule has 1 amide bonds. The molecule has 3 aromatic rings. The zero-order chi connectivity index (χ0) is 24.7. The molecule has 2 aliphatic rings.